The fraction of sp³-hybridized carbons (Fsp3) is 0.500. The third-order valence-electron chi connectivity index (χ3n) is 3.01. The molecule has 1 rings (SSSR count). The van der Waals surface area contributed by atoms with Gasteiger partial charge in [0.2, 0.25) is 0 Å². The van der Waals surface area contributed by atoms with Crippen LogP contribution in [0, 0.1) is 5.92 Å². The second-order valence-corrected chi connectivity index (χ2v) is 4.54. The van der Waals surface area contributed by atoms with Crippen molar-refractivity contribution in [3.63, 3.8) is 0 Å². The molecule has 1 atom stereocenters. The molecule has 0 bridgehead atoms. The first-order valence-electron chi connectivity index (χ1n) is 6.20. The number of carbonyl (C=O) groups is 1. The molecule has 0 aliphatic heterocycles. The third-order valence-corrected chi connectivity index (χ3v) is 3.01. The van der Waals surface area contributed by atoms with Crippen LogP contribution >= 0.6 is 0 Å². The summed E-state index contributed by atoms with van der Waals surface area (Å²) in [6, 6.07) is 7.73. The van der Waals surface area contributed by atoms with Crippen LogP contribution < -0.4 is 0 Å². The Bertz CT molecular complexity index is 375. The third kappa shape index (κ3) is 4.47. The minimum atomic E-state index is -0.760. The van der Waals surface area contributed by atoms with Gasteiger partial charge < -0.3 is 10.2 Å². The average Bonchev–Trinajstić information content (AvgIpc) is 2.38. The van der Waals surface area contributed by atoms with Crippen molar-refractivity contribution in [2.24, 2.45) is 5.92 Å². The summed E-state index contributed by atoms with van der Waals surface area (Å²) in [5.74, 6) is -1.12. The highest BCUT2D eigenvalue weighted by Gasteiger charge is 2.15. The molecule has 0 saturated carbocycles. The molecule has 0 saturated heterocycles. The molecule has 0 heterocycles. The molecule has 100 valence electrons. The van der Waals surface area contributed by atoms with Gasteiger partial charge in [-0.1, -0.05) is 38.1 Å². The van der Waals surface area contributed by atoms with Crippen molar-refractivity contribution in [2.45, 2.75) is 27.0 Å². The molecule has 0 aromatic heterocycles. The molecule has 2 N–H and O–H groups in total. The van der Waals surface area contributed by atoms with E-state index in [0.717, 1.165) is 24.2 Å². The Morgan fingerprint density at radius 2 is 1.83 bits per heavy atom. The molecular weight excluding hydrogens is 230 g/mol. The highest BCUT2D eigenvalue weighted by molar-refractivity contribution is 5.69. The minimum Gasteiger partial charge on any atom is -0.481 e. The normalized spacial score (nSPS) is 12.7. The van der Waals surface area contributed by atoms with Crippen molar-refractivity contribution in [3.8, 4) is 0 Å². The van der Waals surface area contributed by atoms with Crippen LogP contribution in [0.3, 0.4) is 0 Å². The van der Waals surface area contributed by atoms with E-state index in [2.05, 4.69) is 4.90 Å². The molecule has 1 aromatic rings. The Morgan fingerprint density at radius 3 is 2.28 bits per heavy atom. The number of hydrogen-bond acceptors (Lipinski definition) is 3. The summed E-state index contributed by atoms with van der Waals surface area (Å²) in [4.78, 5) is 12.9. The molecule has 1 aromatic carbocycles. The largest absolute Gasteiger partial charge is 0.481 e. The Kier molecular flexibility index (Phi) is 5.82. The smallest absolute Gasteiger partial charge is 0.307 e. The maximum absolute atomic E-state index is 10.8. The van der Waals surface area contributed by atoms with E-state index < -0.39 is 5.97 Å². The molecule has 4 heteroatoms. The summed E-state index contributed by atoms with van der Waals surface area (Å²) < 4.78 is 0. The maximum Gasteiger partial charge on any atom is 0.307 e. The first-order valence-corrected chi connectivity index (χ1v) is 6.20. The average molecular weight is 251 g/mol. The predicted molar refractivity (Wildman–Crippen MR) is 70.1 cm³/mol. The number of aliphatic hydroxyl groups excluding tert-OH is 1. The van der Waals surface area contributed by atoms with Crippen molar-refractivity contribution in [3.05, 3.63) is 35.4 Å². The second-order valence-electron chi connectivity index (χ2n) is 4.54. The van der Waals surface area contributed by atoms with Gasteiger partial charge in [-0.25, -0.2) is 0 Å². The molecule has 4 nitrogen and oxygen atoms in total. The first-order chi connectivity index (χ1) is 8.56. The van der Waals surface area contributed by atoms with Crippen LogP contribution in [0.5, 0.6) is 0 Å². The van der Waals surface area contributed by atoms with E-state index in [4.69, 9.17) is 10.2 Å². The number of nitrogens with zero attached hydrogens (tertiary/aromatic N) is 1. The van der Waals surface area contributed by atoms with Crippen LogP contribution in [0.1, 0.15) is 25.0 Å². The van der Waals surface area contributed by atoms with Crippen molar-refractivity contribution < 1.29 is 15.0 Å². The van der Waals surface area contributed by atoms with Gasteiger partial charge in [0, 0.05) is 13.1 Å². The molecule has 0 amide bonds. The van der Waals surface area contributed by atoms with Gasteiger partial charge in [0.1, 0.15) is 0 Å². The summed E-state index contributed by atoms with van der Waals surface area (Å²) in [5.41, 5.74) is 2.02. The number of carboxylic acids is 1. The maximum atomic E-state index is 10.8. The summed E-state index contributed by atoms with van der Waals surface area (Å²) in [6.07, 6.45) is 0. The number of rotatable bonds is 7. The van der Waals surface area contributed by atoms with E-state index in [1.807, 2.05) is 31.2 Å². The molecule has 0 spiro atoms. The van der Waals surface area contributed by atoms with Crippen LogP contribution in [-0.2, 0) is 17.9 Å². The Hall–Kier alpha value is -1.39. The lowest BCUT2D eigenvalue weighted by Crippen LogP contribution is -2.31. The molecule has 0 aliphatic rings. The summed E-state index contributed by atoms with van der Waals surface area (Å²) in [5, 5.41) is 17.9. The molecule has 0 fully saturated rings. The van der Waals surface area contributed by atoms with Gasteiger partial charge in [-0.2, -0.15) is 0 Å². The number of hydrogen-bond donors (Lipinski definition) is 2. The van der Waals surface area contributed by atoms with Crippen LogP contribution in [0.25, 0.3) is 0 Å². The number of benzene rings is 1. The zero-order chi connectivity index (χ0) is 13.5. The van der Waals surface area contributed by atoms with E-state index in [1.54, 1.807) is 6.92 Å². The summed E-state index contributed by atoms with van der Waals surface area (Å²) in [7, 11) is 0. The van der Waals surface area contributed by atoms with Gasteiger partial charge in [-0.3, -0.25) is 9.69 Å². The SMILES string of the molecule is CCN(Cc1ccc(CO)cc1)CC(C)C(=O)O. The molecule has 0 aliphatic carbocycles. The first kappa shape index (κ1) is 14.7. The van der Waals surface area contributed by atoms with E-state index in [1.165, 1.54) is 0 Å². The predicted octanol–water partition coefficient (Wildman–Crippen LogP) is 1.72. The van der Waals surface area contributed by atoms with E-state index in [9.17, 15) is 4.79 Å². The fourth-order valence-electron chi connectivity index (χ4n) is 1.78. The standard InChI is InChI=1S/C14H21NO3/c1-3-15(8-11(2)14(17)18)9-12-4-6-13(10-16)7-5-12/h4-7,11,16H,3,8-10H2,1-2H3,(H,17,18). The molecular formula is C14H21NO3. The molecule has 0 radical (unpaired) electrons. The van der Waals surface area contributed by atoms with Crippen molar-refractivity contribution in [1.29, 1.82) is 0 Å². The van der Waals surface area contributed by atoms with Crippen molar-refractivity contribution in [1.82, 2.24) is 4.90 Å². The topological polar surface area (TPSA) is 60.8 Å². The van der Waals surface area contributed by atoms with Gasteiger partial charge in [0.25, 0.3) is 0 Å². The Morgan fingerprint density at radius 1 is 1.28 bits per heavy atom. The van der Waals surface area contributed by atoms with Crippen LogP contribution in [0.4, 0.5) is 0 Å². The summed E-state index contributed by atoms with van der Waals surface area (Å²) in [6.45, 7) is 5.90. The van der Waals surface area contributed by atoms with Crippen molar-refractivity contribution in [2.75, 3.05) is 13.1 Å². The number of aliphatic hydroxyl groups is 1. The second kappa shape index (κ2) is 7.13. The molecule has 18 heavy (non-hydrogen) atoms. The van der Waals surface area contributed by atoms with Gasteiger partial charge >= 0.3 is 5.97 Å². The van der Waals surface area contributed by atoms with Crippen LogP contribution in [-0.4, -0.2) is 34.2 Å². The van der Waals surface area contributed by atoms with E-state index in [0.29, 0.717) is 6.54 Å². The highest BCUT2D eigenvalue weighted by Crippen LogP contribution is 2.09. The van der Waals surface area contributed by atoms with Crippen molar-refractivity contribution >= 4 is 5.97 Å². The summed E-state index contributed by atoms with van der Waals surface area (Å²) >= 11 is 0. The van der Waals surface area contributed by atoms with E-state index >= 15 is 0 Å². The number of aliphatic carboxylic acids is 1. The van der Waals surface area contributed by atoms with Crippen LogP contribution in [0.2, 0.25) is 0 Å². The van der Waals surface area contributed by atoms with E-state index in [-0.39, 0.29) is 12.5 Å². The van der Waals surface area contributed by atoms with Gasteiger partial charge in [0.05, 0.1) is 12.5 Å². The lowest BCUT2D eigenvalue weighted by atomic mass is 10.1. The Labute approximate surface area is 108 Å². The number of carboxylic acid groups (broad SMARTS) is 1. The zero-order valence-electron chi connectivity index (χ0n) is 11.0. The zero-order valence-corrected chi connectivity index (χ0v) is 11.0. The monoisotopic (exact) mass is 251 g/mol. The fourth-order valence-corrected chi connectivity index (χ4v) is 1.78. The lowest BCUT2D eigenvalue weighted by Gasteiger charge is -2.22. The Balaban J connectivity index is 2.58. The lowest BCUT2D eigenvalue weighted by molar-refractivity contribution is -0.141. The minimum absolute atomic E-state index is 0.0494. The van der Waals surface area contributed by atoms with Gasteiger partial charge in [0.15, 0.2) is 0 Å². The molecule has 1 unspecified atom stereocenters. The van der Waals surface area contributed by atoms with Gasteiger partial charge in [-0.05, 0) is 17.7 Å². The van der Waals surface area contributed by atoms with Gasteiger partial charge in [-0.15, -0.1) is 0 Å². The van der Waals surface area contributed by atoms with Crippen LogP contribution in [0.15, 0.2) is 24.3 Å². The quantitative estimate of drug-likeness (QED) is 0.774. The highest BCUT2D eigenvalue weighted by atomic mass is 16.4.